The number of nitrogens with one attached hydrogen (secondary N) is 1. The Morgan fingerprint density at radius 3 is 2.29 bits per heavy atom. The normalized spacial score (nSPS) is 20.2. The fourth-order valence-electron chi connectivity index (χ4n) is 4.56. The Morgan fingerprint density at radius 2 is 1.66 bits per heavy atom. The number of nitrogens with zero attached hydrogens (tertiary/aromatic N) is 1. The number of carbonyl (C=O) groups is 2. The number of benzene rings is 2. The van der Waals surface area contributed by atoms with Crippen molar-refractivity contribution in [3.8, 4) is 17.2 Å². The molecule has 1 unspecified atom stereocenters. The summed E-state index contributed by atoms with van der Waals surface area (Å²) < 4.78 is 21.6. The zero-order valence-electron chi connectivity index (χ0n) is 20.2. The molecule has 2 aliphatic rings. The van der Waals surface area contributed by atoms with Gasteiger partial charge in [-0.05, 0) is 35.9 Å². The molecule has 2 aliphatic heterocycles. The van der Waals surface area contributed by atoms with Crippen molar-refractivity contribution in [3.05, 3.63) is 59.2 Å². The number of carbonyl (C=O) groups excluding carboxylic acids is 2. The summed E-state index contributed by atoms with van der Waals surface area (Å²) in [5.74, 6) is -0.407. The molecule has 1 N–H and O–H groups in total. The van der Waals surface area contributed by atoms with Crippen LogP contribution in [0.2, 0.25) is 0 Å². The summed E-state index contributed by atoms with van der Waals surface area (Å²) in [7, 11) is 4.57. The van der Waals surface area contributed by atoms with Gasteiger partial charge in [0.25, 0.3) is 5.91 Å². The number of morpholine rings is 1. The van der Waals surface area contributed by atoms with Gasteiger partial charge in [-0.15, -0.1) is 0 Å². The molecule has 0 saturated carbocycles. The number of likely N-dealkylation sites (tertiary alicyclic amines) is 1. The van der Waals surface area contributed by atoms with Crippen molar-refractivity contribution in [1.29, 1.82) is 0 Å². The highest BCUT2D eigenvalue weighted by atomic mass is 16.5. The van der Waals surface area contributed by atoms with Crippen molar-refractivity contribution in [2.75, 3.05) is 60.7 Å². The molecule has 0 aliphatic carbocycles. The predicted molar refractivity (Wildman–Crippen MR) is 125 cm³/mol. The highest BCUT2D eigenvalue weighted by Crippen LogP contribution is 2.43. The van der Waals surface area contributed by atoms with Crippen molar-refractivity contribution in [2.24, 2.45) is 0 Å². The molecule has 2 aromatic rings. The first-order valence-corrected chi connectivity index (χ1v) is 11.5. The average molecular weight is 483 g/mol. The second kappa shape index (κ2) is 10.8. The van der Waals surface area contributed by atoms with Gasteiger partial charge >= 0.3 is 0 Å². The minimum Gasteiger partial charge on any atom is -0.872 e. The molecular weight excluding hydrogens is 452 g/mol. The van der Waals surface area contributed by atoms with Gasteiger partial charge in [-0.3, -0.25) is 9.59 Å². The van der Waals surface area contributed by atoms with E-state index in [0.29, 0.717) is 54.7 Å². The van der Waals surface area contributed by atoms with Crippen molar-refractivity contribution in [2.45, 2.75) is 6.04 Å². The second-order valence-electron chi connectivity index (χ2n) is 8.42. The monoisotopic (exact) mass is 482 g/mol. The topological polar surface area (TPSA) is 102 Å². The summed E-state index contributed by atoms with van der Waals surface area (Å²) in [6.45, 7) is 3.90. The van der Waals surface area contributed by atoms with Crippen molar-refractivity contribution in [3.63, 3.8) is 0 Å². The Morgan fingerprint density at radius 1 is 1.00 bits per heavy atom. The molecule has 1 atom stereocenters. The largest absolute Gasteiger partial charge is 0.872 e. The molecular formula is C26H30N2O7. The van der Waals surface area contributed by atoms with E-state index in [4.69, 9.17) is 18.9 Å². The van der Waals surface area contributed by atoms with Crippen LogP contribution in [0.25, 0.3) is 5.76 Å². The number of ether oxygens (including phenoxy) is 4. The molecule has 9 heteroatoms. The number of Topliss-reactive ketones (excluding diaryl/α,β-unsaturated/α-hetero) is 1. The Hall–Kier alpha value is -3.56. The molecule has 1 amide bonds. The third-order valence-corrected chi connectivity index (χ3v) is 6.52. The number of ketones is 1. The van der Waals surface area contributed by atoms with Crippen LogP contribution < -0.4 is 24.2 Å². The lowest BCUT2D eigenvalue weighted by molar-refractivity contribution is -0.907. The number of quaternary nitrogens is 1. The molecule has 2 heterocycles. The molecule has 2 saturated heterocycles. The van der Waals surface area contributed by atoms with Gasteiger partial charge < -0.3 is 33.9 Å². The van der Waals surface area contributed by atoms with E-state index in [9.17, 15) is 14.7 Å². The van der Waals surface area contributed by atoms with Crippen LogP contribution in [0, 0.1) is 0 Å². The van der Waals surface area contributed by atoms with Gasteiger partial charge in [0, 0.05) is 11.1 Å². The second-order valence-corrected chi connectivity index (χ2v) is 8.42. The first-order chi connectivity index (χ1) is 17.0. The molecule has 9 nitrogen and oxygen atoms in total. The number of hydrogen-bond acceptors (Lipinski definition) is 7. The zero-order chi connectivity index (χ0) is 24.9. The van der Waals surface area contributed by atoms with E-state index in [1.165, 1.54) is 31.1 Å². The predicted octanol–water partition coefficient (Wildman–Crippen LogP) is -0.148. The maximum Gasteiger partial charge on any atom is 0.295 e. The van der Waals surface area contributed by atoms with Gasteiger partial charge in [-0.1, -0.05) is 17.9 Å². The molecule has 186 valence electrons. The van der Waals surface area contributed by atoms with Gasteiger partial charge in [0.2, 0.25) is 5.78 Å². The van der Waals surface area contributed by atoms with Crippen LogP contribution in [0.1, 0.15) is 17.2 Å². The summed E-state index contributed by atoms with van der Waals surface area (Å²) in [6.07, 6.45) is 0. The number of methoxy groups -OCH3 is 3. The fraction of sp³-hybridized carbons (Fsp3) is 0.385. The van der Waals surface area contributed by atoms with Crippen molar-refractivity contribution >= 4 is 17.4 Å². The highest BCUT2D eigenvalue weighted by molar-refractivity contribution is 6.46. The lowest BCUT2D eigenvalue weighted by Crippen LogP contribution is -3.14. The van der Waals surface area contributed by atoms with Gasteiger partial charge in [0.15, 0.2) is 0 Å². The Balaban J connectivity index is 1.80. The van der Waals surface area contributed by atoms with Crippen LogP contribution in [0.5, 0.6) is 17.2 Å². The van der Waals surface area contributed by atoms with E-state index in [0.717, 1.165) is 13.1 Å². The summed E-state index contributed by atoms with van der Waals surface area (Å²) in [4.78, 5) is 29.3. The molecule has 0 radical (unpaired) electrons. The SMILES string of the molecule is COc1ccc(C([O-])=C2C(=O)C(=O)N(CC[NH+]3CCOCC3)C2c2cc(OC)ccc2OC)cc1. The van der Waals surface area contributed by atoms with Crippen molar-refractivity contribution in [1.82, 2.24) is 4.90 Å². The number of hydrogen-bond donors (Lipinski definition) is 1. The lowest BCUT2D eigenvalue weighted by atomic mass is 9.94. The molecule has 35 heavy (non-hydrogen) atoms. The first kappa shape index (κ1) is 24.6. The standard InChI is InChI=1S/C26H30N2O7/c1-32-18-6-4-17(5-7-18)24(29)22-23(20-16-19(33-2)8-9-21(20)34-3)28(26(31)25(22)30)11-10-27-12-14-35-15-13-27/h4-9,16,23,29H,10-15H2,1-3H3. The zero-order valence-corrected chi connectivity index (χ0v) is 20.2. The fourth-order valence-corrected chi connectivity index (χ4v) is 4.56. The third-order valence-electron chi connectivity index (χ3n) is 6.52. The van der Waals surface area contributed by atoms with Gasteiger partial charge in [0.1, 0.15) is 30.3 Å². The minimum atomic E-state index is -0.893. The Bertz CT molecular complexity index is 1110. The molecule has 2 aromatic carbocycles. The summed E-state index contributed by atoms with van der Waals surface area (Å²) in [5.41, 5.74) is 0.734. The van der Waals surface area contributed by atoms with E-state index in [2.05, 4.69) is 0 Å². The van der Waals surface area contributed by atoms with E-state index in [-0.39, 0.29) is 5.57 Å². The average Bonchev–Trinajstić information content (AvgIpc) is 3.16. The van der Waals surface area contributed by atoms with Crippen LogP contribution >= 0.6 is 0 Å². The highest BCUT2D eigenvalue weighted by Gasteiger charge is 2.45. The quantitative estimate of drug-likeness (QED) is 0.317. The maximum absolute atomic E-state index is 13.6. The van der Waals surface area contributed by atoms with E-state index in [1.807, 2.05) is 0 Å². The molecule has 2 fully saturated rings. The van der Waals surface area contributed by atoms with Crippen molar-refractivity contribution < 1.29 is 38.5 Å². The van der Waals surface area contributed by atoms with Crippen LogP contribution in [0.3, 0.4) is 0 Å². The third kappa shape index (κ3) is 4.96. The Labute approximate surface area is 204 Å². The van der Waals surface area contributed by atoms with E-state index >= 15 is 0 Å². The molecule has 0 bridgehead atoms. The minimum absolute atomic E-state index is 0.0938. The van der Waals surface area contributed by atoms with Crippen LogP contribution in [0.15, 0.2) is 48.0 Å². The van der Waals surface area contributed by atoms with E-state index in [1.54, 1.807) is 42.5 Å². The maximum atomic E-state index is 13.6. The van der Waals surface area contributed by atoms with Gasteiger partial charge in [0.05, 0.1) is 53.7 Å². The number of amides is 1. The lowest BCUT2D eigenvalue weighted by Gasteiger charge is -2.30. The molecule has 0 spiro atoms. The summed E-state index contributed by atoms with van der Waals surface area (Å²) in [5, 5.41) is 13.6. The Kier molecular flexibility index (Phi) is 7.57. The van der Waals surface area contributed by atoms with Gasteiger partial charge in [-0.25, -0.2) is 0 Å². The van der Waals surface area contributed by atoms with Crippen LogP contribution in [0.4, 0.5) is 0 Å². The molecule has 0 aromatic heterocycles. The first-order valence-electron chi connectivity index (χ1n) is 11.5. The number of rotatable bonds is 8. The summed E-state index contributed by atoms with van der Waals surface area (Å²) >= 11 is 0. The molecule has 4 rings (SSSR count). The summed E-state index contributed by atoms with van der Waals surface area (Å²) in [6, 6.07) is 10.7. The smallest absolute Gasteiger partial charge is 0.295 e. The van der Waals surface area contributed by atoms with Crippen LogP contribution in [-0.4, -0.2) is 77.3 Å². The van der Waals surface area contributed by atoms with Gasteiger partial charge in [-0.2, -0.15) is 0 Å². The van der Waals surface area contributed by atoms with E-state index < -0.39 is 23.5 Å². The van der Waals surface area contributed by atoms with Crippen LogP contribution in [-0.2, 0) is 14.3 Å².